The molecule has 0 aromatic carbocycles. The van der Waals surface area contributed by atoms with Crippen molar-refractivity contribution in [3.63, 3.8) is 0 Å². The van der Waals surface area contributed by atoms with Gasteiger partial charge in [-0.25, -0.2) is 0 Å². The van der Waals surface area contributed by atoms with Gasteiger partial charge in [0, 0.05) is 55.6 Å². The zero-order valence-corrected chi connectivity index (χ0v) is 15.9. The smallest absolute Gasteiger partial charge is 0.230 e. The normalized spacial score (nSPS) is 29.9. The second-order valence-electron chi connectivity index (χ2n) is 8.30. The lowest BCUT2D eigenvalue weighted by Crippen LogP contribution is -2.51. The maximum absolute atomic E-state index is 13.7. The Hall–Kier alpha value is -2.21. The first-order valence-corrected chi connectivity index (χ1v) is 10.2. The molecule has 0 spiro atoms. The minimum atomic E-state index is -0.237. The molecule has 2 fully saturated rings. The highest BCUT2D eigenvalue weighted by atomic mass is 16.2. The fourth-order valence-electron chi connectivity index (χ4n) is 5.70. The summed E-state index contributed by atoms with van der Waals surface area (Å²) in [5, 5.41) is 7.22. The molecule has 0 unspecified atom stereocenters. The number of nitrogens with one attached hydrogen (secondary N) is 1. The van der Waals surface area contributed by atoms with Crippen molar-refractivity contribution in [1.82, 2.24) is 25.0 Å². The Morgan fingerprint density at radius 1 is 1.37 bits per heavy atom. The maximum atomic E-state index is 13.7. The van der Waals surface area contributed by atoms with Crippen LogP contribution in [0, 0.1) is 5.41 Å². The molecule has 0 saturated carbocycles. The van der Waals surface area contributed by atoms with Crippen molar-refractivity contribution in [2.45, 2.75) is 64.2 Å². The number of aromatic nitrogens is 3. The summed E-state index contributed by atoms with van der Waals surface area (Å²) in [7, 11) is 0. The van der Waals surface area contributed by atoms with E-state index >= 15 is 0 Å². The van der Waals surface area contributed by atoms with E-state index in [1.54, 1.807) is 0 Å². The van der Waals surface area contributed by atoms with E-state index in [-0.39, 0.29) is 5.41 Å². The Morgan fingerprint density at radius 3 is 3.11 bits per heavy atom. The molecule has 5 heterocycles. The number of fused-ring (bicyclic) bond motifs is 3. The van der Waals surface area contributed by atoms with Gasteiger partial charge in [0.25, 0.3) is 0 Å². The third-order valence-corrected chi connectivity index (χ3v) is 7.10. The lowest BCUT2D eigenvalue weighted by molar-refractivity contribution is -0.145. The van der Waals surface area contributed by atoms with Crippen LogP contribution in [-0.4, -0.2) is 49.5 Å². The number of carbonyl (C=O) groups excluding carboxylic acids is 1. The molecule has 0 radical (unpaired) electrons. The summed E-state index contributed by atoms with van der Waals surface area (Å²) in [5.41, 5.74) is 3.23. The van der Waals surface area contributed by atoms with Gasteiger partial charge < -0.3 is 4.90 Å². The first kappa shape index (κ1) is 16.9. The Morgan fingerprint density at radius 2 is 2.30 bits per heavy atom. The van der Waals surface area contributed by atoms with Crippen LogP contribution in [0.4, 0.5) is 0 Å². The van der Waals surface area contributed by atoms with Crippen LogP contribution in [0.5, 0.6) is 0 Å². The molecule has 2 bridgehead atoms. The monoisotopic (exact) mass is 365 g/mol. The number of pyridine rings is 1. The standard InChI is InChI=1S/C21H27N5O/c1-2-21(20(27)25-10-8-18-15(13-25)12-23-24-18)11-17-6-7-19(21)26(17)14-16-5-3-4-9-22-16/h3-5,9,12,17,19H,2,6-8,10-11,13-14H2,1H3,(H,23,24)/t17-,19+,21+/m0/s1. The third kappa shape index (κ3) is 2.61. The lowest BCUT2D eigenvalue weighted by Gasteiger charge is -2.40. The van der Waals surface area contributed by atoms with Crippen molar-refractivity contribution < 1.29 is 4.79 Å². The quantitative estimate of drug-likeness (QED) is 0.904. The minimum absolute atomic E-state index is 0.237. The van der Waals surface area contributed by atoms with E-state index in [0.717, 1.165) is 44.5 Å². The molecule has 3 aliphatic rings. The van der Waals surface area contributed by atoms with Crippen LogP contribution in [0.1, 0.15) is 49.6 Å². The van der Waals surface area contributed by atoms with Gasteiger partial charge in [-0.2, -0.15) is 5.10 Å². The van der Waals surface area contributed by atoms with Crippen LogP contribution in [0.3, 0.4) is 0 Å². The number of hydrogen-bond acceptors (Lipinski definition) is 4. The van der Waals surface area contributed by atoms with E-state index in [1.165, 1.54) is 17.7 Å². The summed E-state index contributed by atoms with van der Waals surface area (Å²) >= 11 is 0. The third-order valence-electron chi connectivity index (χ3n) is 7.10. The van der Waals surface area contributed by atoms with Crippen LogP contribution in [0.25, 0.3) is 0 Å². The number of aromatic amines is 1. The van der Waals surface area contributed by atoms with Crippen molar-refractivity contribution in [2.24, 2.45) is 5.41 Å². The van der Waals surface area contributed by atoms with Gasteiger partial charge in [-0.05, 0) is 37.8 Å². The number of amides is 1. The van der Waals surface area contributed by atoms with E-state index < -0.39 is 0 Å². The average molecular weight is 365 g/mol. The van der Waals surface area contributed by atoms with Gasteiger partial charge in [-0.1, -0.05) is 13.0 Å². The minimum Gasteiger partial charge on any atom is -0.337 e. The van der Waals surface area contributed by atoms with E-state index in [2.05, 4.69) is 44.0 Å². The Kier molecular flexibility index (Phi) is 4.04. The fourth-order valence-corrected chi connectivity index (χ4v) is 5.70. The first-order chi connectivity index (χ1) is 13.2. The van der Waals surface area contributed by atoms with Gasteiger partial charge in [0.15, 0.2) is 0 Å². The molecule has 5 rings (SSSR count). The zero-order chi connectivity index (χ0) is 18.4. The number of nitrogens with zero attached hydrogens (tertiary/aromatic N) is 4. The number of H-pyrrole nitrogens is 1. The van der Waals surface area contributed by atoms with E-state index in [4.69, 9.17) is 0 Å². The van der Waals surface area contributed by atoms with Gasteiger partial charge in [0.2, 0.25) is 5.91 Å². The van der Waals surface area contributed by atoms with E-state index in [9.17, 15) is 4.79 Å². The molecule has 6 heteroatoms. The molecule has 1 amide bonds. The van der Waals surface area contributed by atoms with Crippen LogP contribution < -0.4 is 0 Å². The van der Waals surface area contributed by atoms with Gasteiger partial charge in [0.05, 0.1) is 17.3 Å². The Balaban J connectivity index is 1.39. The molecule has 27 heavy (non-hydrogen) atoms. The molecular formula is C21H27N5O. The fraction of sp³-hybridized carbons (Fsp3) is 0.571. The predicted octanol–water partition coefficient (Wildman–Crippen LogP) is 2.52. The molecule has 3 aliphatic heterocycles. The highest BCUT2D eigenvalue weighted by molar-refractivity contribution is 5.84. The number of rotatable bonds is 4. The number of carbonyl (C=O) groups is 1. The largest absolute Gasteiger partial charge is 0.337 e. The maximum Gasteiger partial charge on any atom is 0.230 e. The molecular weight excluding hydrogens is 338 g/mol. The van der Waals surface area contributed by atoms with E-state index in [1.807, 2.05) is 18.5 Å². The summed E-state index contributed by atoms with van der Waals surface area (Å²) in [6.07, 6.45) is 8.87. The van der Waals surface area contributed by atoms with Gasteiger partial charge >= 0.3 is 0 Å². The van der Waals surface area contributed by atoms with Crippen LogP contribution >= 0.6 is 0 Å². The summed E-state index contributed by atoms with van der Waals surface area (Å²) in [4.78, 5) is 22.9. The molecule has 3 atom stereocenters. The van der Waals surface area contributed by atoms with Crippen molar-refractivity contribution in [3.05, 3.63) is 47.5 Å². The van der Waals surface area contributed by atoms with Crippen LogP contribution in [0.15, 0.2) is 30.6 Å². The molecule has 2 aromatic rings. The summed E-state index contributed by atoms with van der Waals surface area (Å²) < 4.78 is 0. The Labute approximate surface area is 160 Å². The lowest BCUT2D eigenvalue weighted by atomic mass is 9.70. The Bertz CT molecular complexity index is 834. The van der Waals surface area contributed by atoms with Crippen molar-refractivity contribution in [1.29, 1.82) is 0 Å². The molecule has 1 N–H and O–H groups in total. The van der Waals surface area contributed by atoms with Gasteiger partial charge in [-0.15, -0.1) is 0 Å². The van der Waals surface area contributed by atoms with E-state index in [0.29, 0.717) is 24.5 Å². The molecule has 0 aliphatic carbocycles. The second-order valence-corrected chi connectivity index (χ2v) is 8.30. The second kappa shape index (κ2) is 6.44. The van der Waals surface area contributed by atoms with Crippen LogP contribution in [-0.2, 0) is 24.3 Å². The van der Waals surface area contributed by atoms with Crippen molar-refractivity contribution in [3.8, 4) is 0 Å². The molecule has 2 saturated heterocycles. The highest BCUT2D eigenvalue weighted by Crippen LogP contribution is 2.53. The summed E-state index contributed by atoms with van der Waals surface area (Å²) in [6.45, 7) is 4.55. The molecule has 2 aromatic heterocycles. The zero-order valence-electron chi connectivity index (χ0n) is 15.9. The number of hydrogen-bond donors (Lipinski definition) is 1. The van der Waals surface area contributed by atoms with Gasteiger partial charge in [0.1, 0.15) is 0 Å². The molecule has 6 nitrogen and oxygen atoms in total. The van der Waals surface area contributed by atoms with Gasteiger partial charge in [-0.3, -0.25) is 19.8 Å². The highest BCUT2D eigenvalue weighted by Gasteiger charge is 2.59. The average Bonchev–Trinajstić information content (AvgIpc) is 3.41. The van der Waals surface area contributed by atoms with Crippen molar-refractivity contribution in [2.75, 3.05) is 6.54 Å². The topological polar surface area (TPSA) is 65.1 Å². The summed E-state index contributed by atoms with van der Waals surface area (Å²) in [6, 6.07) is 6.96. The SMILES string of the molecule is CC[C@@]1(C(=O)N2CCc3[nH]ncc3C2)C[C@@H]2CC[C@H]1N2Cc1ccccn1. The van der Waals surface area contributed by atoms with Crippen molar-refractivity contribution >= 4 is 5.91 Å². The first-order valence-electron chi connectivity index (χ1n) is 10.2. The summed E-state index contributed by atoms with van der Waals surface area (Å²) in [5.74, 6) is 0.357. The molecule has 142 valence electrons. The predicted molar refractivity (Wildman–Crippen MR) is 102 cm³/mol. The van der Waals surface area contributed by atoms with Crippen LogP contribution in [0.2, 0.25) is 0 Å².